The minimum absolute atomic E-state index is 1.11. The molecule has 0 aromatic carbocycles. The molecule has 0 spiro atoms. The van der Waals surface area contributed by atoms with Gasteiger partial charge in [0.15, 0.2) is 0 Å². The monoisotopic (exact) mass is 284 g/mol. The molecule has 0 nitrogen and oxygen atoms in total. The van der Waals surface area contributed by atoms with Gasteiger partial charge in [-0.25, -0.2) is 0 Å². The van der Waals surface area contributed by atoms with Gasteiger partial charge in [0.1, 0.15) is 0 Å². The first-order valence-electron chi connectivity index (χ1n) is 3.60. The van der Waals surface area contributed by atoms with Crippen molar-refractivity contribution in [3.05, 3.63) is 45.3 Å². The van der Waals surface area contributed by atoms with E-state index < -0.39 is 0 Å². The van der Waals surface area contributed by atoms with E-state index in [4.69, 9.17) is 0 Å². The van der Waals surface area contributed by atoms with Crippen LogP contribution in [0.2, 0.25) is 0 Å². The molecule has 0 amide bonds. The largest absolute Gasteiger partial charge is 0.0532 e. The van der Waals surface area contributed by atoms with Crippen molar-refractivity contribution in [2.75, 3.05) is 0 Å². The third kappa shape index (κ3) is 1.54. The van der Waals surface area contributed by atoms with Crippen LogP contribution in [0.1, 0.15) is 0 Å². The summed E-state index contributed by atoms with van der Waals surface area (Å²) in [5, 5.41) is 0. The summed E-state index contributed by atoms with van der Waals surface area (Å²) in [6.45, 7) is 0. The molecule has 2 aliphatic carbocycles. The number of hydrogen-bond acceptors (Lipinski definition) is 0. The summed E-state index contributed by atoms with van der Waals surface area (Å²) < 4.78 is 2.25. The number of hydrogen-bond donors (Lipinski definition) is 0. The van der Waals surface area contributed by atoms with E-state index >= 15 is 0 Å². The number of fused-ring (bicyclic) bond motifs is 1. The molecule has 0 saturated heterocycles. The molecular weight excluding hydrogens is 280 g/mol. The van der Waals surface area contributed by atoms with Gasteiger partial charge in [0.05, 0.1) is 0 Å². The Kier molecular flexibility index (Phi) is 2.20. The second kappa shape index (κ2) is 3.19. The van der Waals surface area contributed by atoms with Gasteiger partial charge in [0, 0.05) is 8.95 Å². The van der Waals surface area contributed by atoms with Crippen LogP contribution in [0.25, 0.3) is 11.1 Å². The smallest absolute Gasteiger partial charge is 0.0187 e. The Balaban J connectivity index is 2.70. The zero-order chi connectivity index (χ0) is 8.55. The molecule has 0 saturated carbocycles. The predicted octanol–water partition coefficient (Wildman–Crippen LogP) is 4.32. The summed E-state index contributed by atoms with van der Waals surface area (Å²) >= 11 is 6.88. The Morgan fingerprint density at radius 3 is 1.67 bits per heavy atom. The summed E-state index contributed by atoms with van der Waals surface area (Å²) in [5.41, 5.74) is 2.51. The minimum Gasteiger partial charge on any atom is -0.0532 e. The summed E-state index contributed by atoms with van der Waals surface area (Å²) in [7, 11) is 0. The van der Waals surface area contributed by atoms with Crippen molar-refractivity contribution in [1.29, 1.82) is 0 Å². The lowest BCUT2D eigenvalue weighted by molar-refractivity contribution is 1.77. The van der Waals surface area contributed by atoms with E-state index in [1.807, 2.05) is 0 Å². The molecule has 0 atom stereocenters. The number of halogens is 2. The SMILES string of the molecule is Brc1ccc2cc(Br)cc-2cc1. The molecule has 0 heterocycles. The van der Waals surface area contributed by atoms with Crippen LogP contribution in [0.15, 0.2) is 45.3 Å². The Labute approximate surface area is 88.2 Å². The first-order valence-corrected chi connectivity index (χ1v) is 5.19. The van der Waals surface area contributed by atoms with Crippen LogP contribution in [0.5, 0.6) is 0 Å². The highest BCUT2D eigenvalue weighted by Gasteiger charge is 2.01. The molecule has 2 rings (SSSR count). The zero-order valence-corrected chi connectivity index (χ0v) is 9.39. The lowest BCUT2D eigenvalue weighted by Crippen LogP contribution is -1.59. The normalized spacial score (nSPS) is 10.5. The van der Waals surface area contributed by atoms with Crippen molar-refractivity contribution in [2.24, 2.45) is 0 Å². The molecule has 12 heavy (non-hydrogen) atoms. The lowest BCUT2D eigenvalue weighted by atomic mass is 10.2. The van der Waals surface area contributed by atoms with Crippen LogP contribution in [-0.2, 0) is 0 Å². The first kappa shape index (κ1) is 8.27. The third-order valence-electron chi connectivity index (χ3n) is 1.76. The van der Waals surface area contributed by atoms with Crippen LogP contribution in [0.4, 0.5) is 0 Å². The van der Waals surface area contributed by atoms with E-state index in [1.165, 1.54) is 11.1 Å². The molecule has 0 aromatic rings. The van der Waals surface area contributed by atoms with E-state index in [1.54, 1.807) is 0 Å². The average Bonchev–Trinajstić information content (AvgIpc) is 2.31. The van der Waals surface area contributed by atoms with E-state index in [2.05, 4.69) is 68.3 Å². The Bertz CT molecular complexity index is 348. The lowest BCUT2D eigenvalue weighted by Gasteiger charge is -1.85. The van der Waals surface area contributed by atoms with Crippen LogP contribution >= 0.6 is 31.9 Å². The standard InChI is InChI=1S/C10H6Br2/c11-9-3-1-7-5-10(12)6-8(7)2-4-9/h1-6H. The van der Waals surface area contributed by atoms with Crippen molar-refractivity contribution >= 4 is 31.9 Å². The molecule has 0 unspecified atom stereocenters. The maximum Gasteiger partial charge on any atom is 0.0187 e. The van der Waals surface area contributed by atoms with Crippen molar-refractivity contribution < 1.29 is 0 Å². The Morgan fingerprint density at radius 1 is 0.667 bits per heavy atom. The summed E-state index contributed by atoms with van der Waals surface area (Å²) in [4.78, 5) is 0. The summed E-state index contributed by atoms with van der Waals surface area (Å²) in [5.74, 6) is 0. The summed E-state index contributed by atoms with van der Waals surface area (Å²) in [6, 6.07) is 12.5. The average molecular weight is 286 g/mol. The maximum absolute atomic E-state index is 3.45. The quantitative estimate of drug-likeness (QED) is 0.676. The highest BCUT2D eigenvalue weighted by atomic mass is 79.9. The van der Waals surface area contributed by atoms with Crippen LogP contribution in [0.3, 0.4) is 0 Å². The molecule has 2 aliphatic rings. The van der Waals surface area contributed by atoms with Crippen molar-refractivity contribution in [2.45, 2.75) is 0 Å². The van der Waals surface area contributed by atoms with Crippen LogP contribution < -0.4 is 0 Å². The molecule has 0 radical (unpaired) electrons. The molecule has 0 fully saturated rings. The number of rotatable bonds is 0. The van der Waals surface area contributed by atoms with E-state index in [0.29, 0.717) is 0 Å². The third-order valence-corrected chi connectivity index (χ3v) is 2.75. The van der Waals surface area contributed by atoms with Gasteiger partial charge in [0.25, 0.3) is 0 Å². The highest BCUT2D eigenvalue weighted by molar-refractivity contribution is 9.10. The van der Waals surface area contributed by atoms with Crippen LogP contribution in [-0.4, -0.2) is 0 Å². The molecule has 0 N–H and O–H groups in total. The van der Waals surface area contributed by atoms with E-state index in [0.717, 1.165) is 8.95 Å². The van der Waals surface area contributed by atoms with Gasteiger partial charge < -0.3 is 0 Å². The van der Waals surface area contributed by atoms with E-state index in [-0.39, 0.29) is 0 Å². The molecule has 0 bridgehead atoms. The maximum atomic E-state index is 3.45. The van der Waals surface area contributed by atoms with Gasteiger partial charge >= 0.3 is 0 Å². The predicted molar refractivity (Wildman–Crippen MR) is 58.5 cm³/mol. The molecule has 60 valence electrons. The molecule has 0 aromatic heterocycles. The topological polar surface area (TPSA) is 0 Å². The fraction of sp³-hybridized carbons (Fsp3) is 0. The highest BCUT2D eigenvalue weighted by Crippen LogP contribution is 2.29. The fourth-order valence-electron chi connectivity index (χ4n) is 1.19. The molecular formula is C10H6Br2. The Morgan fingerprint density at radius 2 is 1.17 bits per heavy atom. The molecule has 0 aliphatic heterocycles. The fourth-order valence-corrected chi connectivity index (χ4v) is 1.95. The zero-order valence-electron chi connectivity index (χ0n) is 6.22. The van der Waals surface area contributed by atoms with Gasteiger partial charge in [0.2, 0.25) is 0 Å². The first-order chi connectivity index (χ1) is 5.75. The van der Waals surface area contributed by atoms with Gasteiger partial charge in [-0.05, 0) is 35.4 Å². The van der Waals surface area contributed by atoms with Gasteiger partial charge in [-0.1, -0.05) is 44.0 Å². The van der Waals surface area contributed by atoms with Gasteiger partial charge in [-0.3, -0.25) is 0 Å². The minimum atomic E-state index is 1.11. The van der Waals surface area contributed by atoms with Crippen molar-refractivity contribution in [3.63, 3.8) is 0 Å². The Hall–Kier alpha value is -0.340. The van der Waals surface area contributed by atoms with Gasteiger partial charge in [-0.2, -0.15) is 0 Å². The van der Waals surface area contributed by atoms with Gasteiger partial charge in [-0.15, -0.1) is 0 Å². The molecule has 2 heteroatoms. The van der Waals surface area contributed by atoms with Crippen molar-refractivity contribution in [3.8, 4) is 11.1 Å². The second-order valence-electron chi connectivity index (χ2n) is 2.64. The van der Waals surface area contributed by atoms with Crippen molar-refractivity contribution in [1.82, 2.24) is 0 Å². The second-order valence-corrected chi connectivity index (χ2v) is 4.47. The van der Waals surface area contributed by atoms with Crippen LogP contribution in [0, 0.1) is 0 Å². The summed E-state index contributed by atoms with van der Waals surface area (Å²) in [6.07, 6.45) is 0. The van der Waals surface area contributed by atoms with E-state index in [9.17, 15) is 0 Å².